The lowest BCUT2D eigenvalue weighted by Gasteiger charge is -2.08. The van der Waals surface area contributed by atoms with Crippen molar-refractivity contribution in [2.75, 3.05) is 5.73 Å². The molecule has 0 unspecified atom stereocenters. The average Bonchev–Trinajstić information content (AvgIpc) is 2.92. The predicted molar refractivity (Wildman–Crippen MR) is 86.7 cm³/mol. The zero-order chi connectivity index (χ0) is 15.0. The summed E-state index contributed by atoms with van der Waals surface area (Å²) in [7, 11) is 0. The van der Waals surface area contributed by atoms with Crippen molar-refractivity contribution in [2.24, 2.45) is 0 Å². The Hall–Kier alpha value is -1.63. The Bertz CT molecular complexity index is 818. The smallest absolute Gasteiger partial charge is 0.188 e. The largest absolute Gasteiger partial charge is 0.399 e. The molecule has 0 bridgehead atoms. The monoisotopic (exact) mass is 383 g/mol. The van der Waals surface area contributed by atoms with Crippen molar-refractivity contribution >= 4 is 44.8 Å². The van der Waals surface area contributed by atoms with E-state index in [0.29, 0.717) is 27.1 Å². The van der Waals surface area contributed by atoms with Gasteiger partial charge in [-0.1, -0.05) is 45.2 Å². The Labute approximate surface area is 138 Å². The first-order chi connectivity index (χ1) is 10.1. The van der Waals surface area contributed by atoms with E-state index in [1.54, 1.807) is 16.8 Å². The van der Waals surface area contributed by atoms with Gasteiger partial charge in [0.1, 0.15) is 0 Å². The molecule has 0 aliphatic rings. The number of nitrogens with two attached hydrogens (primary N) is 1. The van der Waals surface area contributed by atoms with Crippen LogP contribution in [0.1, 0.15) is 0 Å². The quantitative estimate of drug-likeness (QED) is 0.678. The van der Waals surface area contributed by atoms with Crippen LogP contribution in [0.2, 0.25) is 10.0 Å². The second kappa shape index (κ2) is 5.63. The minimum atomic E-state index is 0.357. The van der Waals surface area contributed by atoms with Crippen LogP contribution in [0.25, 0.3) is 17.1 Å². The molecule has 2 aromatic carbocycles. The second-order valence-electron chi connectivity index (χ2n) is 4.26. The van der Waals surface area contributed by atoms with Gasteiger partial charge in [-0.2, -0.15) is 4.68 Å². The summed E-state index contributed by atoms with van der Waals surface area (Å²) >= 11 is 15.7. The van der Waals surface area contributed by atoms with Gasteiger partial charge in [0.25, 0.3) is 0 Å². The summed E-state index contributed by atoms with van der Waals surface area (Å²) in [6.45, 7) is 0. The predicted octanol–water partition coefficient (Wildman–Crippen LogP) is 3.98. The van der Waals surface area contributed by atoms with Gasteiger partial charge in [0.2, 0.25) is 0 Å². The number of aromatic nitrogens is 4. The first-order valence-electron chi connectivity index (χ1n) is 5.85. The first-order valence-corrected chi connectivity index (χ1v) is 7.40. The summed E-state index contributed by atoms with van der Waals surface area (Å²) in [4.78, 5) is 0. The van der Waals surface area contributed by atoms with Gasteiger partial charge in [-0.25, -0.2) is 0 Å². The molecule has 3 aromatic rings. The molecule has 2 N–H and O–H groups in total. The minimum absolute atomic E-state index is 0.357. The zero-order valence-electron chi connectivity index (χ0n) is 10.5. The third kappa shape index (κ3) is 2.74. The van der Waals surface area contributed by atoms with Crippen molar-refractivity contribution in [3.05, 3.63) is 50.9 Å². The Balaban J connectivity index is 2.20. The highest BCUT2D eigenvalue weighted by atomic mass is 79.9. The molecule has 21 heavy (non-hydrogen) atoms. The number of halogens is 3. The van der Waals surface area contributed by atoms with E-state index in [0.717, 1.165) is 10.2 Å². The SMILES string of the molecule is Nc1cc(Cl)c(Cl)c(-c2nnnn2-c2cccc(Br)c2)c1. The number of anilines is 1. The molecule has 1 heterocycles. The first kappa shape index (κ1) is 14.3. The maximum Gasteiger partial charge on any atom is 0.188 e. The molecule has 3 rings (SSSR count). The molecule has 0 saturated heterocycles. The van der Waals surface area contributed by atoms with Crippen LogP contribution in [0.3, 0.4) is 0 Å². The third-order valence-corrected chi connectivity index (χ3v) is 4.11. The topological polar surface area (TPSA) is 69.6 Å². The third-order valence-electron chi connectivity index (χ3n) is 2.81. The fourth-order valence-electron chi connectivity index (χ4n) is 1.91. The molecule has 1 aromatic heterocycles. The molecule has 8 heteroatoms. The molecule has 106 valence electrons. The van der Waals surface area contributed by atoms with Crippen molar-refractivity contribution in [3.8, 4) is 17.1 Å². The van der Waals surface area contributed by atoms with Crippen molar-refractivity contribution in [1.29, 1.82) is 0 Å². The highest BCUT2D eigenvalue weighted by molar-refractivity contribution is 9.10. The molecule has 0 aliphatic heterocycles. The second-order valence-corrected chi connectivity index (χ2v) is 5.96. The summed E-state index contributed by atoms with van der Waals surface area (Å²) in [5, 5.41) is 12.4. The van der Waals surface area contributed by atoms with E-state index in [-0.39, 0.29) is 0 Å². The number of tetrazole rings is 1. The maximum absolute atomic E-state index is 6.24. The van der Waals surface area contributed by atoms with Gasteiger partial charge in [0.15, 0.2) is 5.82 Å². The number of benzene rings is 2. The summed E-state index contributed by atoms with van der Waals surface area (Å²) < 4.78 is 2.49. The number of nitrogen functional groups attached to an aromatic ring is 1. The average molecular weight is 385 g/mol. The lowest BCUT2D eigenvalue weighted by molar-refractivity contribution is 0.791. The van der Waals surface area contributed by atoms with E-state index < -0.39 is 0 Å². The Morgan fingerprint density at radius 1 is 1.14 bits per heavy atom. The van der Waals surface area contributed by atoms with Crippen LogP contribution in [0.15, 0.2) is 40.9 Å². The van der Waals surface area contributed by atoms with Crippen molar-refractivity contribution in [3.63, 3.8) is 0 Å². The van der Waals surface area contributed by atoms with Gasteiger partial charge in [-0.05, 0) is 40.8 Å². The standard InChI is InChI=1S/C13H8BrCl2N5/c14-7-2-1-3-9(4-7)21-13(18-19-20-21)10-5-8(17)6-11(15)12(10)16/h1-6H,17H2. The fraction of sp³-hybridized carbons (Fsp3) is 0. The Kier molecular flexibility index (Phi) is 3.84. The van der Waals surface area contributed by atoms with E-state index in [9.17, 15) is 0 Å². The van der Waals surface area contributed by atoms with Gasteiger partial charge in [-0.3, -0.25) is 0 Å². The van der Waals surface area contributed by atoms with Crippen LogP contribution in [0.4, 0.5) is 5.69 Å². The Morgan fingerprint density at radius 3 is 2.71 bits per heavy atom. The van der Waals surface area contributed by atoms with Gasteiger partial charge in [0.05, 0.1) is 15.7 Å². The molecule has 0 saturated carbocycles. The van der Waals surface area contributed by atoms with Gasteiger partial charge < -0.3 is 5.73 Å². The minimum Gasteiger partial charge on any atom is -0.399 e. The van der Waals surface area contributed by atoms with Crippen LogP contribution < -0.4 is 5.73 Å². The maximum atomic E-state index is 6.24. The van der Waals surface area contributed by atoms with Crippen molar-refractivity contribution in [2.45, 2.75) is 0 Å². The molecular weight excluding hydrogens is 377 g/mol. The van der Waals surface area contributed by atoms with E-state index in [2.05, 4.69) is 31.5 Å². The molecule has 0 atom stereocenters. The van der Waals surface area contributed by atoms with Crippen LogP contribution in [-0.4, -0.2) is 20.2 Å². The molecule has 0 aliphatic carbocycles. The molecule has 0 amide bonds. The summed E-state index contributed by atoms with van der Waals surface area (Å²) in [5.41, 5.74) is 7.67. The van der Waals surface area contributed by atoms with Crippen molar-refractivity contribution < 1.29 is 0 Å². The zero-order valence-corrected chi connectivity index (χ0v) is 13.6. The van der Waals surface area contributed by atoms with Gasteiger partial charge in [0, 0.05) is 15.7 Å². The van der Waals surface area contributed by atoms with Crippen LogP contribution in [0, 0.1) is 0 Å². The van der Waals surface area contributed by atoms with Crippen molar-refractivity contribution in [1.82, 2.24) is 20.2 Å². The summed E-state index contributed by atoms with van der Waals surface area (Å²) in [6, 6.07) is 10.8. The number of rotatable bonds is 2. The summed E-state index contributed by atoms with van der Waals surface area (Å²) in [6.07, 6.45) is 0. The highest BCUT2D eigenvalue weighted by Gasteiger charge is 2.16. The molecular formula is C13H8BrCl2N5. The van der Waals surface area contributed by atoms with Crippen LogP contribution in [-0.2, 0) is 0 Å². The van der Waals surface area contributed by atoms with E-state index in [1.165, 1.54) is 0 Å². The van der Waals surface area contributed by atoms with Crippen LogP contribution in [0.5, 0.6) is 0 Å². The van der Waals surface area contributed by atoms with Gasteiger partial charge in [-0.15, -0.1) is 5.10 Å². The highest BCUT2D eigenvalue weighted by Crippen LogP contribution is 2.35. The van der Waals surface area contributed by atoms with E-state index in [1.807, 2.05) is 24.3 Å². The molecule has 0 radical (unpaired) electrons. The number of nitrogens with zero attached hydrogens (tertiary/aromatic N) is 4. The fourth-order valence-corrected chi connectivity index (χ4v) is 2.72. The normalized spacial score (nSPS) is 10.8. The van der Waals surface area contributed by atoms with Gasteiger partial charge >= 0.3 is 0 Å². The lowest BCUT2D eigenvalue weighted by Crippen LogP contribution is -2.01. The van der Waals surface area contributed by atoms with E-state index >= 15 is 0 Å². The Morgan fingerprint density at radius 2 is 1.95 bits per heavy atom. The molecule has 0 spiro atoms. The van der Waals surface area contributed by atoms with E-state index in [4.69, 9.17) is 28.9 Å². The molecule has 5 nitrogen and oxygen atoms in total. The summed E-state index contributed by atoms with van der Waals surface area (Å²) in [5.74, 6) is 0.465. The number of hydrogen-bond acceptors (Lipinski definition) is 4. The molecule has 0 fully saturated rings. The number of hydrogen-bond donors (Lipinski definition) is 1. The lowest BCUT2D eigenvalue weighted by atomic mass is 10.2. The van der Waals surface area contributed by atoms with Crippen LogP contribution >= 0.6 is 39.1 Å².